The van der Waals surface area contributed by atoms with Crippen LogP contribution in [0.25, 0.3) is 10.9 Å². The van der Waals surface area contributed by atoms with Crippen molar-refractivity contribution in [1.82, 2.24) is 14.8 Å². The van der Waals surface area contributed by atoms with Crippen molar-refractivity contribution in [3.8, 4) is 0 Å². The number of likely N-dealkylation sites (tertiary alicyclic amines) is 1. The summed E-state index contributed by atoms with van der Waals surface area (Å²) in [5.74, 6) is 0.215. The average molecular weight is 381 g/mol. The minimum Gasteiger partial charge on any atom is -0.358 e. The number of ether oxygens (including phenoxy) is 1. The van der Waals surface area contributed by atoms with E-state index in [1.165, 1.54) is 11.1 Å². The Morgan fingerprint density at radius 3 is 2.86 bits per heavy atom. The number of rotatable bonds is 2. The molecular weight excluding hydrogens is 354 g/mol. The number of carbonyl (C=O) groups excluding carboxylic acids is 2. The molecule has 3 fully saturated rings. The van der Waals surface area contributed by atoms with Crippen LogP contribution in [-0.2, 0) is 20.7 Å². The fourth-order valence-electron chi connectivity index (χ4n) is 5.53. The Hall–Kier alpha value is -2.34. The fourth-order valence-corrected chi connectivity index (χ4v) is 5.53. The van der Waals surface area contributed by atoms with Gasteiger partial charge in [0.2, 0.25) is 11.8 Å². The van der Waals surface area contributed by atoms with E-state index in [9.17, 15) is 9.59 Å². The first-order valence-electron chi connectivity index (χ1n) is 10.2. The summed E-state index contributed by atoms with van der Waals surface area (Å²) in [5, 5.41) is 1.16. The second kappa shape index (κ2) is 6.08. The van der Waals surface area contributed by atoms with Crippen molar-refractivity contribution >= 4 is 22.7 Å². The van der Waals surface area contributed by atoms with Gasteiger partial charge in [-0.25, -0.2) is 0 Å². The number of fused-ring (bicyclic) bond motifs is 1. The van der Waals surface area contributed by atoms with Crippen molar-refractivity contribution in [3.05, 3.63) is 34.5 Å². The predicted octanol–water partition coefficient (Wildman–Crippen LogP) is 2.59. The highest BCUT2D eigenvalue weighted by atomic mass is 16.5. The molecule has 1 aromatic heterocycles. The van der Waals surface area contributed by atoms with E-state index in [0.29, 0.717) is 26.0 Å². The first-order chi connectivity index (χ1) is 13.4. The number of hydrogen-bond donors (Lipinski definition) is 1. The molecule has 2 atom stereocenters. The smallest absolute Gasteiger partial charge is 0.227 e. The van der Waals surface area contributed by atoms with Gasteiger partial charge in [-0.2, -0.15) is 0 Å². The molecule has 3 aliphatic rings. The number of hydrogen-bond acceptors (Lipinski definition) is 3. The van der Waals surface area contributed by atoms with Gasteiger partial charge in [-0.05, 0) is 43.9 Å². The molecule has 2 aromatic rings. The molecule has 4 heterocycles. The van der Waals surface area contributed by atoms with Gasteiger partial charge < -0.3 is 19.5 Å². The van der Waals surface area contributed by atoms with Crippen LogP contribution in [0.2, 0.25) is 0 Å². The number of nitrogens with zero attached hydrogens (tertiary/aromatic N) is 2. The molecular formula is C22H27N3O3. The summed E-state index contributed by atoms with van der Waals surface area (Å²) in [6.07, 6.45) is 2.34. The molecule has 6 nitrogen and oxygen atoms in total. The van der Waals surface area contributed by atoms with Crippen molar-refractivity contribution < 1.29 is 14.3 Å². The third-order valence-electron chi connectivity index (χ3n) is 6.95. The Bertz CT molecular complexity index is 995. The van der Waals surface area contributed by atoms with E-state index in [1.807, 2.05) is 16.7 Å². The lowest BCUT2D eigenvalue weighted by Crippen LogP contribution is -2.56. The third kappa shape index (κ3) is 2.30. The molecule has 0 bridgehead atoms. The van der Waals surface area contributed by atoms with Gasteiger partial charge in [-0.15, -0.1) is 0 Å². The van der Waals surface area contributed by atoms with E-state index in [-0.39, 0.29) is 17.9 Å². The third-order valence-corrected chi connectivity index (χ3v) is 6.95. The van der Waals surface area contributed by atoms with E-state index in [4.69, 9.17) is 4.74 Å². The molecule has 2 amide bonds. The van der Waals surface area contributed by atoms with E-state index in [2.05, 4.69) is 31.0 Å². The predicted molar refractivity (Wildman–Crippen MR) is 106 cm³/mol. The molecule has 1 N–H and O–H groups in total. The highest BCUT2D eigenvalue weighted by molar-refractivity contribution is 5.94. The first kappa shape index (κ1) is 17.7. The SMILES string of the molecule is Cc1[nH]c2c(C)ccc(C)c2c1CC(=O)N1CC[C@@]23OCCCN2C(=O)C[C@@H]13. The van der Waals surface area contributed by atoms with Crippen LogP contribution in [0.3, 0.4) is 0 Å². The van der Waals surface area contributed by atoms with Gasteiger partial charge in [0.15, 0.2) is 5.72 Å². The van der Waals surface area contributed by atoms with Crippen molar-refractivity contribution in [2.75, 3.05) is 19.7 Å². The minimum atomic E-state index is -0.577. The molecule has 3 aliphatic heterocycles. The lowest BCUT2D eigenvalue weighted by molar-refractivity contribution is -0.181. The van der Waals surface area contributed by atoms with Crippen LogP contribution in [0.4, 0.5) is 0 Å². The van der Waals surface area contributed by atoms with Gasteiger partial charge in [-0.3, -0.25) is 9.59 Å². The van der Waals surface area contributed by atoms with Crippen LogP contribution < -0.4 is 0 Å². The lowest BCUT2D eigenvalue weighted by atomic mass is 10.00. The molecule has 0 unspecified atom stereocenters. The van der Waals surface area contributed by atoms with Gasteiger partial charge in [0.1, 0.15) is 0 Å². The van der Waals surface area contributed by atoms with Crippen LogP contribution in [0.5, 0.6) is 0 Å². The van der Waals surface area contributed by atoms with Crippen molar-refractivity contribution in [3.63, 3.8) is 0 Å². The maximum Gasteiger partial charge on any atom is 0.227 e. The van der Waals surface area contributed by atoms with Crippen LogP contribution in [-0.4, -0.2) is 58.1 Å². The van der Waals surface area contributed by atoms with E-state index in [0.717, 1.165) is 41.5 Å². The summed E-state index contributed by atoms with van der Waals surface area (Å²) in [4.78, 5) is 33.1. The number of amides is 2. The standard InChI is InChI=1S/C22H27N3O3/c1-13-5-6-14(2)21-20(13)16(15(3)23-21)11-18(26)24-9-7-22-17(24)12-19(27)25(22)8-4-10-28-22/h5-6,17,23H,4,7-12H2,1-3H3/t17-,22+/m1/s1. The monoisotopic (exact) mass is 381 g/mol. The molecule has 148 valence electrons. The van der Waals surface area contributed by atoms with Gasteiger partial charge in [-0.1, -0.05) is 12.1 Å². The Balaban J connectivity index is 1.46. The van der Waals surface area contributed by atoms with Crippen molar-refractivity contribution in [1.29, 1.82) is 0 Å². The Kier molecular flexibility index (Phi) is 3.85. The number of carbonyl (C=O) groups is 2. The zero-order chi connectivity index (χ0) is 19.6. The van der Waals surface area contributed by atoms with Crippen LogP contribution in [0, 0.1) is 20.8 Å². The van der Waals surface area contributed by atoms with E-state index < -0.39 is 5.72 Å². The number of H-pyrrole nitrogens is 1. The Labute approximate surface area is 164 Å². The summed E-state index contributed by atoms with van der Waals surface area (Å²) >= 11 is 0. The molecule has 1 spiro atoms. The Morgan fingerprint density at radius 1 is 1.25 bits per heavy atom. The number of nitrogens with one attached hydrogen (secondary N) is 1. The van der Waals surface area contributed by atoms with E-state index in [1.54, 1.807) is 0 Å². The molecule has 0 aliphatic carbocycles. The highest BCUT2D eigenvalue weighted by Gasteiger charge is 2.61. The summed E-state index contributed by atoms with van der Waals surface area (Å²) in [5.41, 5.74) is 5.04. The molecule has 0 saturated carbocycles. The summed E-state index contributed by atoms with van der Waals surface area (Å²) < 4.78 is 6.13. The molecule has 0 radical (unpaired) electrons. The molecule has 1 aromatic carbocycles. The summed E-state index contributed by atoms with van der Waals surface area (Å²) in [7, 11) is 0. The summed E-state index contributed by atoms with van der Waals surface area (Å²) in [6.45, 7) is 8.30. The van der Waals surface area contributed by atoms with Crippen LogP contribution in [0.1, 0.15) is 41.6 Å². The minimum absolute atomic E-state index is 0.0932. The average Bonchev–Trinajstić information content (AvgIpc) is 3.27. The highest BCUT2D eigenvalue weighted by Crippen LogP contribution is 2.45. The topological polar surface area (TPSA) is 65.6 Å². The molecule has 6 heteroatoms. The Morgan fingerprint density at radius 2 is 2.04 bits per heavy atom. The second-order valence-electron chi connectivity index (χ2n) is 8.50. The van der Waals surface area contributed by atoms with Gasteiger partial charge in [0.05, 0.1) is 25.5 Å². The largest absolute Gasteiger partial charge is 0.358 e. The fraction of sp³-hybridized carbons (Fsp3) is 0.545. The quantitative estimate of drug-likeness (QED) is 0.870. The molecule has 3 saturated heterocycles. The zero-order valence-electron chi connectivity index (χ0n) is 16.8. The van der Waals surface area contributed by atoms with Gasteiger partial charge in [0, 0.05) is 36.1 Å². The van der Waals surface area contributed by atoms with Gasteiger partial charge in [0.25, 0.3) is 0 Å². The zero-order valence-corrected chi connectivity index (χ0v) is 16.8. The van der Waals surface area contributed by atoms with Crippen LogP contribution >= 0.6 is 0 Å². The van der Waals surface area contributed by atoms with Crippen molar-refractivity contribution in [2.24, 2.45) is 0 Å². The number of aryl methyl sites for hydroxylation is 3. The van der Waals surface area contributed by atoms with Gasteiger partial charge >= 0.3 is 0 Å². The molecule has 5 rings (SSSR count). The first-order valence-corrected chi connectivity index (χ1v) is 10.2. The normalized spacial score (nSPS) is 26.8. The number of aromatic nitrogens is 1. The van der Waals surface area contributed by atoms with Crippen LogP contribution in [0.15, 0.2) is 12.1 Å². The maximum absolute atomic E-state index is 13.4. The second-order valence-corrected chi connectivity index (χ2v) is 8.50. The van der Waals surface area contributed by atoms with E-state index >= 15 is 0 Å². The summed E-state index contributed by atoms with van der Waals surface area (Å²) in [6, 6.07) is 4.08. The molecule has 28 heavy (non-hydrogen) atoms. The number of aromatic amines is 1. The number of benzene rings is 1. The maximum atomic E-state index is 13.4. The lowest BCUT2D eigenvalue weighted by Gasteiger charge is -2.42. The van der Waals surface area contributed by atoms with Crippen molar-refractivity contribution in [2.45, 2.75) is 58.2 Å².